The van der Waals surface area contributed by atoms with Gasteiger partial charge in [-0.25, -0.2) is 12.8 Å². The van der Waals surface area contributed by atoms with Crippen LogP contribution < -0.4 is 5.32 Å². The fourth-order valence-electron chi connectivity index (χ4n) is 2.80. The van der Waals surface area contributed by atoms with E-state index >= 15 is 0 Å². The number of carbonyl (C=O) groups excluding carboxylic acids is 1. The van der Waals surface area contributed by atoms with Crippen LogP contribution in [0.25, 0.3) is 0 Å². The molecule has 1 aromatic carbocycles. The molecule has 3 rings (SSSR count). The Morgan fingerprint density at radius 1 is 1.42 bits per heavy atom. The van der Waals surface area contributed by atoms with Crippen molar-refractivity contribution >= 4 is 33.2 Å². The van der Waals surface area contributed by atoms with Gasteiger partial charge in [-0.3, -0.25) is 4.79 Å². The molecule has 1 amide bonds. The largest absolute Gasteiger partial charge is 0.325 e. The number of nitrogens with zero attached hydrogens (tertiary/aromatic N) is 3. The standard InChI is InChI=1S/C16H19FN4O3S2/c1-10-3-4-12(7-13(10)17)18-14(22)8-25-16-20-19-15(21(16)2)11-5-6-26(23,24)9-11/h3-4,7,11H,5-6,8-9H2,1-2H3,(H,18,22). The average molecular weight is 398 g/mol. The molecule has 1 unspecified atom stereocenters. The number of carbonyl (C=O) groups is 1. The third-order valence-corrected chi connectivity index (χ3v) is 7.04. The molecule has 2 heterocycles. The van der Waals surface area contributed by atoms with Gasteiger partial charge in [0.05, 0.1) is 17.3 Å². The number of nitrogens with one attached hydrogen (secondary N) is 1. The van der Waals surface area contributed by atoms with Crippen molar-refractivity contribution in [1.82, 2.24) is 14.8 Å². The Bertz CT molecular complexity index is 943. The number of hydrogen-bond acceptors (Lipinski definition) is 6. The number of hydrogen-bond donors (Lipinski definition) is 1. The van der Waals surface area contributed by atoms with Crippen LogP contribution in [-0.2, 0) is 21.7 Å². The summed E-state index contributed by atoms with van der Waals surface area (Å²) in [6.45, 7) is 1.65. The van der Waals surface area contributed by atoms with Gasteiger partial charge in [-0.05, 0) is 31.0 Å². The molecule has 7 nitrogen and oxygen atoms in total. The van der Waals surface area contributed by atoms with Crippen LogP contribution in [-0.4, -0.2) is 46.3 Å². The fourth-order valence-corrected chi connectivity index (χ4v) is 5.26. The summed E-state index contributed by atoms with van der Waals surface area (Å²) in [6.07, 6.45) is 0.540. The van der Waals surface area contributed by atoms with Gasteiger partial charge in [0.15, 0.2) is 15.0 Å². The van der Waals surface area contributed by atoms with Gasteiger partial charge >= 0.3 is 0 Å². The van der Waals surface area contributed by atoms with E-state index in [1.807, 2.05) is 0 Å². The molecule has 0 aliphatic carbocycles. The van der Waals surface area contributed by atoms with E-state index in [2.05, 4.69) is 15.5 Å². The van der Waals surface area contributed by atoms with E-state index in [1.54, 1.807) is 30.7 Å². The molecule has 0 spiro atoms. The van der Waals surface area contributed by atoms with Crippen LogP contribution in [0, 0.1) is 12.7 Å². The summed E-state index contributed by atoms with van der Waals surface area (Å²) in [5.74, 6) is 0.146. The Kier molecular flexibility index (Phi) is 5.33. The van der Waals surface area contributed by atoms with Gasteiger partial charge in [0.1, 0.15) is 11.6 Å². The van der Waals surface area contributed by atoms with Crippen LogP contribution in [0.15, 0.2) is 23.4 Å². The predicted octanol–water partition coefficient (Wildman–Crippen LogP) is 1.90. The van der Waals surface area contributed by atoms with Gasteiger partial charge in [-0.1, -0.05) is 17.8 Å². The molecule has 10 heteroatoms. The predicted molar refractivity (Wildman–Crippen MR) is 97.5 cm³/mol. The fraction of sp³-hybridized carbons (Fsp3) is 0.438. The number of benzene rings is 1. The van der Waals surface area contributed by atoms with E-state index in [0.29, 0.717) is 28.7 Å². The number of halogens is 1. The van der Waals surface area contributed by atoms with Crippen molar-refractivity contribution in [2.45, 2.75) is 24.4 Å². The average Bonchev–Trinajstić information content (AvgIpc) is 3.11. The molecule has 1 fully saturated rings. The van der Waals surface area contributed by atoms with Crippen molar-refractivity contribution in [2.24, 2.45) is 7.05 Å². The minimum absolute atomic E-state index is 0.0864. The minimum atomic E-state index is -3.00. The second kappa shape index (κ2) is 7.36. The first-order chi connectivity index (χ1) is 12.2. The van der Waals surface area contributed by atoms with Crippen LogP contribution in [0.1, 0.15) is 23.7 Å². The molecule has 2 aromatic rings. The van der Waals surface area contributed by atoms with E-state index < -0.39 is 9.84 Å². The van der Waals surface area contributed by atoms with Gasteiger partial charge < -0.3 is 9.88 Å². The zero-order valence-electron chi connectivity index (χ0n) is 14.4. The zero-order chi connectivity index (χ0) is 18.9. The molecule has 1 aliphatic heterocycles. The molecule has 0 saturated carbocycles. The zero-order valence-corrected chi connectivity index (χ0v) is 16.0. The molecule has 1 saturated heterocycles. The monoisotopic (exact) mass is 398 g/mol. The number of amides is 1. The van der Waals surface area contributed by atoms with Crippen molar-refractivity contribution in [2.75, 3.05) is 22.6 Å². The Morgan fingerprint density at radius 2 is 2.19 bits per heavy atom. The maximum Gasteiger partial charge on any atom is 0.234 e. The molecule has 0 bridgehead atoms. The Morgan fingerprint density at radius 3 is 2.85 bits per heavy atom. The highest BCUT2D eigenvalue weighted by Gasteiger charge is 2.32. The third-order valence-electron chi connectivity index (χ3n) is 4.25. The number of aromatic nitrogens is 3. The van der Waals surface area contributed by atoms with Crippen LogP contribution in [0.2, 0.25) is 0 Å². The molecular weight excluding hydrogens is 379 g/mol. The van der Waals surface area contributed by atoms with Crippen LogP contribution >= 0.6 is 11.8 Å². The highest BCUT2D eigenvalue weighted by Crippen LogP contribution is 2.29. The van der Waals surface area contributed by atoms with Crippen molar-refractivity contribution in [3.63, 3.8) is 0 Å². The summed E-state index contributed by atoms with van der Waals surface area (Å²) in [4.78, 5) is 12.1. The summed E-state index contributed by atoms with van der Waals surface area (Å²) in [6, 6.07) is 4.52. The van der Waals surface area contributed by atoms with Gasteiger partial charge in [0, 0.05) is 18.7 Å². The van der Waals surface area contributed by atoms with E-state index in [-0.39, 0.29) is 34.9 Å². The lowest BCUT2D eigenvalue weighted by molar-refractivity contribution is -0.113. The van der Waals surface area contributed by atoms with Crippen LogP contribution in [0.3, 0.4) is 0 Å². The molecule has 1 atom stereocenters. The summed E-state index contributed by atoms with van der Waals surface area (Å²) in [5, 5.41) is 11.3. The van der Waals surface area contributed by atoms with E-state index in [1.165, 1.54) is 17.8 Å². The number of rotatable bonds is 5. The van der Waals surface area contributed by atoms with Crippen LogP contribution in [0.5, 0.6) is 0 Å². The first-order valence-electron chi connectivity index (χ1n) is 8.03. The molecule has 1 aliphatic rings. The first kappa shape index (κ1) is 18.8. The van der Waals surface area contributed by atoms with Crippen molar-refractivity contribution in [3.8, 4) is 0 Å². The first-order valence-corrected chi connectivity index (χ1v) is 10.8. The topological polar surface area (TPSA) is 94.0 Å². The molecule has 1 N–H and O–H groups in total. The summed E-state index contributed by atoms with van der Waals surface area (Å²) in [7, 11) is -1.24. The van der Waals surface area contributed by atoms with Gasteiger partial charge in [0.25, 0.3) is 0 Å². The van der Waals surface area contributed by atoms with Gasteiger partial charge in [-0.2, -0.15) is 0 Å². The second-order valence-corrected chi connectivity index (χ2v) is 9.47. The van der Waals surface area contributed by atoms with Crippen molar-refractivity contribution < 1.29 is 17.6 Å². The van der Waals surface area contributed by atoms with E-state index in [4.69, 9.17) is 0 Å². The molecular formula is C16H19FN4O3S2. The summed E-state index contributed by atoms with van der Waals surface area (Å²) < 4.78 is 38.5. The third kappa shape index (κ3) is 4.24. The Hall–Kier alpha value is -1.94. The van der Waals surface area contributed by atoms with Crippen molar-refractivity contribution in [1.29, 1.82) is 0 Å². The van der Waals surface area contributed by atoms with Gasteiger partial charge in [0.2, 0.25) is 5.91 Å². The van der Waals surface area contributed by atoms with Crippen molar-refractivity contribution in [3.05, 3.63) is 35.4 Å². The SMILES string of the molecule is Cc1ccc(NC(=O)CSc2nnc(C3CCS(=O)(=O)C3)n2C)cc1F. The molecule has 0 radical (unpaired) electrons. The number of sulfone groups is 1. The van der Waals surface area contributed by atoms with Gasteiger partial charge in [-0.15, -0.1) is 10.2 Å². The Labute approximate surface area is 155 Å². The normalized spacial score (nSPS) is 18.8. The number of aryl methyl sites for hydroxylation is 1. The van der Waals surface area contributed by atoms with E-state index in [9.17, 15) is 17.6 Å². The summed E-state index contributed by atoms with van der Waals surface area (Å²) >= 11 is 1.20. The van der Waals surface area contributed by atoms with Crippen LogP contribution in [0.4, 0.5) is 10.1 Å². The highest BCUT2D eigenvalue weighted by atomic mass is 32.2. The lowest BCUT2D eigenvalue weighted by Crippen LogP contribution is -2.15. The molecule has 26 heavy (non-hydrogen) atoms. The maximum absolute atomic E-state index is 13.5. The minimum Gasteiger partial charge on any atom is -0.325 e. The number of anilines is 1. The lowest BCUT2D eigenvalue weighted by Gasteiger charge is -2.08. The summed E-state index contributed by atoms with van der Waals surface area (Å²) in [5.41, 5.74) is 0.909. The quantitative estimate of drug-likeness (QED) is 0.773. The smallest absolute Gasteiger partial charge is 0.234 e. The second-order valence-electron chi connectivity index (χ2n) is 6.30. The Balaban J connectivity index is 1.59. The van der Waals surface area contributed by atoms with E-state index in [0.717, 1.165) is 0 Å². The maximum atomic E-state index is 13.5. The molecule has 140 valence electrons. The lowest BCUT2D eigenvalue weighted by atomic mass is 10.1. The highest BCUT2D eigenvalue weighted by molar-refractivity contribution is 7.99. The number of thioether (sulfide) groups is 1. The molecule has 1 aromatic heterocycles.